The largest absolute Gasteiger partial charge is 0.493 e. The van der Waals surface area contributed by atoms with Crippen LogP contribution in [0.5, 0.6) is 17.2 Å². The van der Waals surface area contributed by atoms with Gasteiger partial charge in [0, 0.05) is 24.0 Å². The van der Waals surface area contributed by atoms with E-state index < -0.39 is 10.0 Å². The number of thiazole rings is 1. The molecule has 0 amide bonds. The van der Waals surface area contributed by atoms with Crippen molar-refractivity contribution in [2.45, 2.75) is 4.90 Å². The van der Waals surface area contributed by atoms with Gasteiger partial charge in [-0.15, -0.1) is 22.7 Å². The lowest BCUT2D eigenvalue weighted by atomic mass is 10.2. The smallest absolute Gasteiger partial charge is 0.243 e. The van der Waals surface area contributed by atoms with E-state index in [-0.39, 0.29) is 4.90 Å². The van der Waals surface area contributed by atoms with Gasteiger partial charge in [0.2, 0.25) is 20.6 Å². The first-order chi connectivity index (χ1) is 19.4. The number of rotatable bonds is 9. The third-order valence-corrected chi connectivity index (χ3v) is 9.76. The van der Waals surface area contributed by atoms with Gasteiger partial charge in [0.05, 0.1) is 61.9 Å². The summed E-state index contributed by atoms with van der Waals surface area (Å²) < 4.78 is 50.8. The lowest BCUT2D eigenvalue weighted by molar-refractivity contribution is 0.0730. The summed E-state index contributed by atoms with van der Waals surface area (Å²) in [7, 11) is 1.10. The van der Waals surface area contributed by atoms with E-state index in [0.717, 1.165) is 16.1 Å². The minimum atomic E-state index is -3.58. The van der Waals surface area contributed by atoms with E-state index in [1.54, 1.807) is 67.8 Å². The van der Waals surface area contributed by atoms with E-state index in [1.807, 2.05) is 35.0 Å². The zero-order valence-corrected chi connectivity index (χ0v) is 24.6. The second-order valence-corrected chi connectivity index (χ2v) is 12.2. The number of hydrogen-bond acceptors (Lipinski definition) is 10. The Hall–Kier alpha value is -3.49. The monoisotopic (exact) mass is 600 g/mol. The number of aromatic nitrogens is 1. The van der Waals surface area contributed by atoms with Crippen molar-refractivity contribution in [1.82, 2.24) is 8.98 Å². The molecule has 1 aliphatic heterocycles. The van der Waals surface area contributed by atoms with Gasteiger partial charge in [-0.3, -0.25) is 0 Å². The zero-order chi connectivity index (χ0) is 28.1. The molecular weight excluding hydrogens is 573 g/mol. The van der Waals surface area contributed by atoms with E-state index in [2.05, 4.69) is 0 Å². The van der Waals surface area contributed by atoms with Crippen molar-refractivity contribution < 1.29 is 27.4 Å². The Labute approximate surface area is 240 Å². The molecule has 0 aliphatic carbocycles. The van der Waals surface area contributed by atoms with Gasteiger partial charge >= 0.3 is 0 Å². The number of ether oxygens (including phenoxy) is 4. The molecule has 2 aromatic heterocycles. The summed E-state index contributed by atoms with van der Waals surface area (Å²) >= 11 is 3.04. The molecule has 0 unspecified atom stereocenters. The van der Waals surface area contributed by atoms with Crippen molar-refractivity contribution in [2.24, 2.45) is 10.1 Å². The summed E-state index contributed by atoms with van der Waals surface area (Å²) in [5.41, 5.74) is 2.24. The van der Waals surface area contributed by atoms with Crippen LogP contribution < -0.4 is 19.0 Å². The van der Waals surface area contributed by atoms with Gasteiger partial charge in [0.15, 0.2) is 11.5 Å². The summed E-state index contributed by atoms with van der Waals surface area (Å²) in [6.07, 6.45) is 1.70. The van der Waals surface area contributed by atoms with Crippen LogP contribution in [0.25, 0.3) is 10.6 Å². The predicted octanol–water partition coefficient (Wildman–Crippen LogP) is 4.44. The van der Waals surface area contributed by atoms with Crippen molar-refractivity contribution in [3.05, 3.63) is 69.7 Å². The van der Waals surface area contributed by atoms with E-state index in [4.69, 9.17) is 29.0 Å². The molecular formula is C27H28N4O6S3. The van der Waals surface area contributed by atoms with Crippen LogP contribution in [0.2, 0.25) is 0 Å². The molecule has 2 aromatic carbocycles. The van der Waals surface area contributed by atoms with Crippen LogP contribution in [0.4, 0.5) is 5.69 Å². The predicted molar refractivity (Wildman–Crippen MR) is 156 cm³/mol. The molecule has 210 valence electrons. The fourth-order valence-electron chi connectivity index (χ4n) is 4.12. The summed E-state index contributed by atoms with van der Waals surface area (Å²) in [6.45, 7) is 1.49. The first kappa shape index (κ1) is 28.1. The maximum atomic E-state index is 13.0. The first-order valence-corrected chi connectivity index (χ1v) is 15.5. The van der Waals surface area contributed by atoms with E-state index >= 15 is 0 Å². The summed E-state index contributed by atoms with van der Waals surface area (Å²) in [5, 5.41) is 8.76. The molecule has 10 nitrogen and oxygen atoms in total. The van der Waals surface area contributed by atoms with Crippen molar-refractivity contribution in [2.75, 3.05) is 47.6 Å². The van der Waals surface area contributed by atoms with E-state index in [0.29, 0.717) is 54.0 Å². The van der Waals surface area contributed by atoms with Gasteiger partial charge in [-0.2, -0.15) is 9.41 Å². The Bertz CT molecular complexity index is 1630. The minimum absolute atomic E-state index is 0.229. The molecule has 0 radical (unpaired) electrons. The Morgan fingerprint density at radius 1 is 0.950 bits per heavy atom. The maximum absolute atomic E-state index is 13.0. The third kappa shape index (κ3) is 5.83. The summed E-state index contributed by atoms with van der Waals surface area (Å²) in [4.78, 5) is 6.67. The molecule has 0 N–H and O–H groups in total. The molecule has 13 heteroatoms. The van der Waals surface area contributed by atoms with Crippen molar-refractivity contribution in [3.8, 4) is 27.8 Å². The topological polar surface area (TPSA) is 104 Å². The fraction of sp³-hybridized carbons (Fsp3) is 0.259. The van der Waals surface area contributed by atoms with Crippen molar-refractivity contribution >= 4 is 44.6 Å². The van der Waals surface area contributed by atoms with Crippen LogP contribution in [0.3, 0.4) is 0 Å². The molecule has 0 saturated carbocycles. The van der Waals surface area contributed by atoms with Crippen LogP contribution in [0, 0.1) is 0 Å². The summed E-state index contributed by atoms with van der Waals surface area (Å²) in [6, 6.07) is 14.2. The lowest BCUT2D eigenvalue weighted by Crippen LogP contribution is -2.40. The second-order valence-electron chi connectivity index (χ2n) is 8.52. The first-order valence-electron chi connectivity index (χ1n) is 12.3. The SMILES string of the molecule is COc1cc(C=Nn2c(-c3cccs3)csc2=Nc2ccc(S(=O)(=O)N3CCOCC3)cc2)cc(OC)c1OC. The third-order valence-electron chi connectivity index (χ3n) is 6.14. The quantitative estimate of drug-likeness (QED) is 0.263. The summed E-state index contributed by atoms with van der Waals surface area (Å²) in [5.74, 6) is 1.54. The average molecular weight is 601 g/mol. The number of hydrogen-bond donors (Lipinski definition) is 0. The van der Waals surface area contributed by atoms with Crippen molar-refractivity contribution in [1.29, 1.82) is 0 Å². The fourth-order valence-corrected chi connectivity index (χ4v) is 7.18. The van der Waals surface area contributed by atoms with Gasteiger partial charge < -0.3 is 18.9 Å². The van der Waals surface area contributed by atoms with Crippen LogP contribution in [0.15, 0.2) is 74.3 Å². The highest BCUT2D eigenvalue weighted by atomic mass is 32.2. The number of benzene rings is 2. The normalized spacial score (nSPS) is 15.0. The molecule has 1 aliphatic rings. The van der Waals surface area contributed by atoms with Crippen LogP contribution >= 0.6 is 22.7 Å². The Kier molecular flexibility index (Phi) is 8.66. The van der Waals surface area contributed by atoms with Gasteiger partial charge in [-0.1, -0.05) is 6.07 Å². The van der Waals surface area contributed by atoms with Crippen LogP contribution in [-0.4, -0.2) is 71.2 Å². The maximum Gasteiger partial charge on any atom is 0.243 e. The van der Waals surface area contributed by atoms with Crippen LogP contribution in [0.1, 0.15) is 5.56 Å². The van der Waals surface area contributed by atoms with Crippen LogP contribution in [-0.2, 0) is 14.8 Å². The number of thiophene rings is 1. The van der Waals surface area contributed by atoms with Gasteiger partial charge in [0.25, 0.3) is 0 Å². The van der Waals surface area contributed by atoms with E-state index in [1.165, 1.54) is 15.6 Å². The molecule has 40 heavy (non-hydrogen) atoms. The Balaban J connectivity index is 1.51. The molecule has 3 heterocycles. The average Bonchev–Trinajstić information content (AvgIpc) is 3.66. The molecule has 4 aromatic rings. The molecule has 1 fully saturated rings. The highest BCUT2D eigenvalue weighted by Gasteiger charge is 2.26. The molecule has 0 atom stereocenters. The minimum Gasteiger partial charge on any atom is -0.493 e. The van der Waals surface area contributed by atoms with Crippen molar-refractivity contribution in [3.63, 3.8) is 0 Å². The molecule has 1 saturated heterocycles. The van der Waals surface area contributed by atoms with Gasteiger partial charge in [0.1, 0.15) is 0 Å². The van der Waals surface area contributed by atoms with E-state index in [9.17, 15) is 8.42 Å². The molecule has 5 rings (SSSR count). The number of nitrogens with zero attached hydrogens (tertiary/aromatic N) is 4. The number of morpholine rings is 1. The van der Waals surface area contributed by atoms with Gasteiger partial charge in [-0.05, 0) is 47.8 Å². The zero-order valence-electron chi connectivity index (χ0n) is 22.1. The molecule has 0 spiro atoms. The lowest BCUT2D eigenvalue weighted by Gasteiger charge is -2.26. The highest BCUT2D eigenvalue weighted by molar-refractivity contribution is 7.89. The standard InChI is InChI=1S/C27H28N4O6S3/c1-34-23-15-19(16-24(35-2)26(23)36-3)17-28-31-22(25-5-4-14-38-25)18-39-27(31)29-20-6-8-21(9-7-20)40(32,33)30-10-12-37-13-11-30/h4-9,14-18H,10-13H2,1-3H3. The highest BCUT2D eigenvalue weighted by Crippen LogP contribution is 2.37. The molecule has 0 bridgehead atoms. The Morgan fingerprint density at radius 2 is 1.65 bits per heavy atom. The number of sulfonamides is 1. The Morgan fingerprint density at radius 3 is 2.25 bits per heavy atom. The number of methoxy groups -OCH3 is 3. The second kappa shape index (κ2) is 12.4. The van der Waals surface area contributed by atoms with Gasteiger partial charge in [-0.25, -0.2) is 18.1 Å².